The van der Waals surface area contributed by atoms with Gasteiger partial charge in [0.15, 0.2) is 5.16 Å². The van der Waals surface area contributed by atoms with E-state index in [1.54, 1.807) is 0 Å². The van der Waals surface area contributed by atoms with Crippen LogP contribution in [0.1, 0.15) is 17.0 Å². The summed E-state index contributed by atoms with van der Waals surface area (Å²) in [6.45, 7) is 2.32. The Balaban J connectivity index is 2.35. The molecule has 2 rings (SSSR count). The van der Waals surface area contributed by atoms with Gasteiger partial charge >= 0.3 is 0 Å². The fourth-order valence-electron chi connectivity index (χ4n) is 1.46. The van der Waals surface area contributed by atoms with Crippen LogP contribution >= 0.6 is 11.8 Å². The normalized spacial score (nSPS) is 10.3. The summed E-state index contributed by atoms with van der Waals surface area (Å²) in [5.41, 5.74) is 7.12. The molecule has 0 saturated heterocycles. The Hall–Kier alpha value is -1.84. The van der Waals surface area contributed by atoms with E-state index in [1.807, 2.05) is 36.7 Å². The van der Waals surface area contributed by atoms with Crippen molar-refractivity contribution in [1.82, 2.24) is 14.8 Å². The summed E-state index contributed by atoms with van der Waals surface area (Å²) in [5, 5.41) is 18.0. The zero-order valence-corrected chi connectivity index (χ0v) is 11.0. The van der Waals surface area contributed by atoms with Crippen LogP contribution in [0.3, 0.4) is 0 Å². The van der Waals surface area contributed by atoms with Gasteiger partial charge in [0, 0.05) is 18.5 Å². The number of hydrogen-bond acceptors (Lipinski definition) is 5. The van der Waals surface area contributed by atoms with Crippen LogP contribution in [-0.2, 0) is 13.6 Å². The Morgan fingerprint density at radius 1 is 1.44 bits per heavy atom. The number of nitrogens with zero attached hydrogens (tertiary/aromatic N) is 4. The van der Waals surface area contributed by atoms with Gasteiger partial charge in [0.2, 0.25) is 0 Å². The Morgan fingerprint density at radius 2 is 2.22 bits per heavy atom. The average molecular weight is 259 g/mol. The van der Waals surface area contributed by atoms with E-state index in [-0.39, 0.29) is 0 Å². The predicted molar refractivity (Wildman–Crippen MR) is 68.9 cm³/mol. The first-order chi connectivity index (χ1) is 8.65. The summed E-state index contributed by atoms with van der Waals surface area (Å²) >= 11 is 1.43. The van der Waals surface area contributed by atoms with Gasteiger partial charge in [-0.05, 0) is 36.4 Å². The molecule has 6 heteroatoms. The third kappa shape index (κ3) is 2.37. The molecule has 2 aromatic rings. The smallest absolute Gasteiger partial charge is 0.195 e. The number of rotatable bonds is 3. The highest BCUT2D eigenvalue weighted by Crippen LogP contribution is 2.29. The lowest BCUT2D eigenvalue weighted by molar-refractivity contribution is 0.765. The highest BCUT2D eigenvalue weighted by atomic mass is 32.2. The topological polar surface area (TPSA) is 80.5 Å². The van der Waals surface area contributed by atoms with Crippen LogP contribution in [0.5, 0.6) is 0 Å². The molecule has 1 aromatic heterocycles. The van der Waals surface area contributed by atoms with Crippen molar-refractivity contribution in [3.05, 3.63) is 35.2 Å². The molecule has 2 N–H and O–H groups in total. The summed E-state index contributed by atoms with van der Waals surface area (Å²) in [6, 6.07) is 7.82. The molecule has 0 spiro atoms. The van der Waals surface area contributed by atoms with Crippen LogP contribution in [0.2, 0.25) is 0 Å². The lowest BCUT2D eigenvalue weighted by atomic mass is 10.1. The first kappa shape index (κ1) is 12.6. The predicted octanol–water partition coefficient (Wildman–Crippen LogP) is 1.61. The second-order valence-corrected chi connectivity index (χ2v) is 4.85. The van der Waals surface area contributed by atoms with Crippen molar-refractivity contribution in [3.63, 3.8) is 0 Å². The van der Waals surface area contributed by atoms with Gasteiger partial charge in [-0.3, -0.25) is 0 Å². The molecule has 0 radical (unpaired) electrons. The van der Waals surface area contributed by atoms with Crippen molar-refractivity contribution in [3.8, 4) is 6.07 Å². The zero-order valence-electron chi connectivity index (χ0n) is 10.2. The van der Waals surface area contributed by atoms with Crippen LogP contribution in [-0.4, -0.2) is 14.8 Å². The summed E-state index contributed by atoms with van der Waals surface area (Å²) in [6.07, 6.45) is 0. The summed E-state index contributed by atoms with van der Waals surface area (Å²) < 4.78 is 1.89. The van der Waals surface area contributed by atoms with E-state index in [2.05, 4.69) is 16.3 Å². The lowest BCUT2D eigenvalue weighted by Crippen LogP contribution is -1.98. The minimum absolute atomic E-state index is 0.433. The van der Waals surface area contributed by atoms with Crippen molar-refractivity contribution < 1.29 is 0 Å². The molecule has 18 heavy (non-hydrogen) atoms. The van der Waals surface area contributed by atoms with Gasteiger partial charge in [0.05, 0.1) is 5.56 Å². The monoisotopic (exact) mass is 259 g/mol. The molecule has 0 aliphatic carbocycles. The standard InChI is InChI=1S/C12H13N5S/c1-8-15-16-12(17(8)2)18-11-4-3-9(6-13)5-10(11)7-14/h3-5H,6,13H2,1-2H3. The van der Waals surface area contributed by atoms with Crippen molar-refractivity contribution in [2.45, 2.75) is 23.5 Å². The largest absolute Gasteiger partial charge is 0.326 e. The second kappa shape index (κ2) is 5.21. The van der Waals surface area contributed by atoms with Crippen molar-refractivity contribution >= 4 is 11.8 Å². The summed E-state index contributed by atoms with van der Waals surface area (Å²) in [5.74, 6) is 0.842. The van der Waals surface area contributed by atoms with Gasteiger partial charge in [0.25, 0.3) is 0 Å². The van der Waals surface area contributed by atoms with E-state index < -0.39 is 0 Å². The molecule has 0 aliphatic rings. The quantitative estimate of drug-likeness (QED) is 0.905. The number of nitrogens with two attached hydrogens (primary N) is 1. The lowest BCUT2D eigenvalue weighted by Gasteiger charge is -2.05. The van der Waals surface area contributed by atoms with Crippen LogP contribution < -0.4 is 5.73 Å². The van der Waals surface area contributed by atoms with Crippen molar-refractivity contribution in [1.29, 1.82) is 5.26 Å². The molecule has 1 heterocycles. The molecule has 0 aliphatic heterocycles. The number of aryl methyl sites for hydroxylation is 1. The van der Waals surface area contributed by atoms with E-state index >= 15 is 0 Å². The van der Waals surface area contributed by atoms with Crippen LogP contribution in [0.25, 0.3) is 0 Å². The van der Waals surface area contributed by atoms with Crippen LogP contribution in [0, 0.1) is 18.3 Å². The molecule has 0 bridgehead atoms. The fraction of sp³-hybridized carbons (Fsp3) is 0.250. The molecule has 1 aromatic carbocycles. The van der Waals surface area contributed by atoms with Crippen molar-refractivity contribution in [2.24, 2.45) is 12.8 Å². The number of aromatic nitrogens is 3. The first-order valence-electron chi connectivity index (χ1n) is 5.42. The number of benzene rings is 1. The van der Waals surface area contributed by atoms with Gasteiger partial charge in [0.1, 0.15) is 11.9 Å². The number of nitriles is 1. The Morgan fingerprint density at radius 3 is 2.78 bits per heavy atom. The minimum atomic E-state index is 0.433. The van der Waals surface area contributed by atoms with Crippen LogP contribution in [0.15, 0.2) is 28.3 Å². The van der Waals surface area contributed by atoms with Gasteiger partial charge in [-0.15, -0.1) is 10.2 Å². The molecular weight excluding hydrogens is 246 g/mol. The third-order valence-corrected chi connectivity index (χ3v) is 3.77. The maximum Gasteiger partial charge on any atom is 0.195 e. The van der Waals surface area contributed by atoms with E-state index in [9.17, 15) is 0 Å². The highest BCUT2D eigenvalue weighted by Gasteiger charge is 2.10. The van der Waals surface area contributed by atoms with Gasteiger partial charge in [-0.25, -0.2) is 0 Å². The fourth-order valence-corrected chi connectivity index (χ4v) is 2.35. The van der Waals surface area contributed by atoms with Crippen molar-refractivity contribution in [2.75, 3.05) is 0 Å². The molecule has 0 fully saturated rings. The van der Waals surface area contributed by atoms with E-state index in [0.717, 1.165) is 21.4 Å². The summed E-state index contributed by atoms with van der Waals surface area (Å²) in [4.78, 5) is 0.866. The molecule has 0 amide bonds. The van der Waals surface area contributed by atoms with Crippen LogP contribution in [0.4, 0.5) is 0 Å². The molecule has 0 atom stereocenters. The Bertz CT molecular complexity index is 611. The summed E-state index contributed by atoms with van der Waals surface area (Å²) in [7, 11) is 1.90. The SMILES string of the molecule is Cc1nnc(Sc2ccc(CN)cc2C#N)n1C. The highest BCUT2D eigenvalue weighted by molar-refractivity contribution is 7.99. The third-order valence-electron chi connectivity index (χ3n) is 2.65. The van der Waals surface area contributed by atoms with Gasteiger partial charge < -0.3 is 10.3 Å². The average Bonchev–Trinajstić information content (AvgIpc) is 2.71. The zero-order chi connectivity index (χ0) is 13.1. The number of hydrogen-bond donors (Lipinski definition) is 1. The van der Waals surface area contributed by atoms with E-state index in [0.29, 0.717) is 12.1 Å². The molecule has 92 valence electrons. The van der Waals surface area contributed by atoms with Gasteiger partial charge in [-0.2, -0.15) is 5.26 Å². The molecule has 0 unspecified atom stereocenters. The maximum atomic E-state index is 9.14. The molecule has 0 saturated carbocycles. The molecular formula is C12H13N5S. The minimum Gasteiger partial charge on any atom is -0.326 e. The Kier molecular flexibility index (Phi) is 3.65. The van der Waals surface area contributed by atoms with E-state index in [1.165, 1.54) is 11.8 Å². The van der Waals surface area contributed by atoms with Gasteiger partial charge in [-0.1, -0.05) is 6.07 Å². The molecule has 5 nitrogen and oxygen atoms in total. The van der Waals surface area contributed by atoms with E-state index in [4.69, 9.17) is 11.0 Å². The maximum absolute atomic E-state index is 9.14. The second-order valence-electron chi connectivity index (χ2n) is 3.84. The first-order valence-corrected chi connectivity index (χ1v) is 6.24. The Labute approximate surface area is 110 Å².